The van der Waals surface area contributed by atoms with E-state index in [0.29, 0.717) is 43.3 Å². The third-order valence-corrected chi connectivity index (χ3v) is 10.1. The van der Waals surface area contributed by atoms with Gasteiger partial charge in [-0.3, -0.25) is 19.6 Å². The number of carbonyl (C=O) groups excluding carboxylic acids is 2. The van der Waals surface area contributed by atoms with Crippen LogP contribution in [0.2, 0.25) is 0 Å². The van der Waals surface area contributed by atoms with E-state index in [4.69, 9.17) is 0 Å². The molecule has 5 aromatic rings. The van der Waals surface area contributed by atoms with Gasteiger partial charge in [0.05, 0.1) is 35.8 Å². The number of carbonyl (C=O) groups is 2. The molecule has 0 spiro atoms. The summed E-state index contributed by atoms with van der Waals surface area (Å²) in [6.45, 7) is 2.18. The molecular weight excluding hydrogens is 611 g/mol. The van der Waals surface area contributed by atoms with Gasteiger partial charge in [0.25, 0.3) is 0 Å². The van der Waals surface area contributed by atoms with Crippen molar-refractivity contribution < 1.29 is 19.1 Å². The van der Waals surface area contributed by atoms with Crippen LogP contribution in [0.15, 0.2) is 85.2 Å². The van der Waals surface area contributed by atoms with Gasteiger partial charge in [0, 0.05) is 66.0 Å². The van der Waals surface area contributed by atoms with Crippen LogP contribution < -0.4 is 10.2 Å². The summed E-state index contributed by atoms with van der Waals surface area (Å²) in [5.74, 6) is 0.143. The Morgan fingerprint density at radius 3 is 2.48 bits per heavy atom. The number of hydrogen-bond donors (Lipinski definition) is 3. The van der Waals surface area contributed by atoms with Crippen LogP contribution in [0, 0.1) is 11.2 Å². The van der Waals surface area contributed by atoms with Gasteiger partial charge < -0.3 is 20.2 Å². The lowest BCUT2D eigenvalue weighted by Crippen LogP contribution is -2.51. The molecule has 0 saturated carbocycles. The molecule has 8 rings (SSSR count). The van der Waals surface area contributed by atoms with Crippen LogP contribution in [0.25, 0.3) is 33.5 Å². The fourth-order valence-corrected chi connectivity index (χ4v) is 7.48. The molecule has 3 aromatic carbocycles. The Hall–Kier alpha value is -5.20. The molecular formula is C36H35FN8O3. The molecule has 3 atom stereocenters. The highest BCUT2D eigenvalue weighted by Crippen LogP contribution is 2.37. The third kappa shape index (κ3) is 5.46. The van der Waals surface area contributed by atoms with E-state index in [-0.39, 0.29) is 42.9 Å². The lowest BCUT2D eigenvalue weighted by Gasteiger charge is -2.36. The number of likely N-dealkylation sites (tertiary alicyclic amines) is 2. The van der Waals surface area contributed by atoms with Crippen molar-refractivity contribution in [3.05, 3.63) is 91.0 Å². The van der Waals surface area contributed by atoms with Crippen LogP contribution in [-0.4, -0.2) is 98.3 Å². The van der Waals surface area contributed by atoms with E-state index >= 15 is 0 Å². The number of fused-ring (bicyclic) bond motifs is 3. The molecule has 3 aliphatic heterocycles. The van der Waals surface area contributed by atoms with Crippen molar-refractivity contribution in [3.63, 3.8) is 0 Å². The predicted molar refractivity (Wildman–Crippen MR) is 179 cm³/mol. The number of nitrogens with zero attached hydrogens (tertiary/aromatic N) is 6. The van der Waals surface area contributed by atoms with Crippen LogP contribution in [0.5, 0.6) is 0 Å². The number of hydrogen-bond acceptors (Lipinski definition) is 8. The molecule has 3 aliphatic rings. The number of aliphatic hydroxyl groups is 1. The lowest BCUT2D eigenvalue weighted by molar-refractivity contribution is -0.134. The van der Waals surface area contributed by atoms with Crippen molar-refractivity contribution in [3.8, 4) is 22.6 Å². The Balaban J connectivity index is 0.884. The molecule has 0 aliphatic carbocycles. The smallest absolute Gasteiger partial charge is 0.237 e. The maximum atomic E-state index is 13.6. The van der Waals surface area contributed by atoms with Gasteiger partial charge in [-0.05, 0) is 92.2 Å². The minimum absolute atomic E-state index is 0.0617. The zero-order chi connectivity index (χ0) is 32.8. The maximum Gasteiger partial charge on any atom is 0.237 e. The van der Waals surface area contributed by atoms with Crippen LogP contribution >= 0.6 is 0 Å². The largest absolute Gasteiger partial charge is 0.395 e. The normalized spacial score (nSPS) is 22.1. The van der Waals surface area contributed by atoms with E-state index in [2.05, 4.69) is 42.5 Å². The molecule has 48 heavy (non-hydrogen) atoms. The summed E-state index contributed by atoms with van der Waals surface area (Å²) in [6, 6.07) is 22.0. The number of aromatic nitrogens is 4. The first kappa shape index (κ1) is 30.2. The first-order valence-corrected chi connectivity index (χ1v) is 16.2. The molecule has 3 N–H and O–H groups in total. The average Bonchev–Trinajstić information content (AvgIpc) is 3.93. The summed E-state index contributed by atoms with van der Waals surface area (Å²) in [4.78, 5) is 42.2. The number of H-pyrrole nitrogens is 1. The van der Waals surface area contributed by atoms with Gasteiger partial charge in [-0.25, -0.2) is 14.4 Å². The fraction of sp³-hybridized carbons (Fsp3) is 0.306. The SMILES string of the molecule is O=C(CN1CCC(CO)(C(=O)Nc2ccc3[nH]nc(-c4ccc(F)cc4)c3c2)C1)N1C[C@@H]2C[C@H]1CN2c1ccc(-c2ncccn2)cc1. The van der Waals surface area contributed by atoms with Gasteiger partial charge in [0.15, 0.2) is 5.82 Å². The number of aromatic amines is 1. The van der Waals surface area contributed by atoms with Gasteiger partial charge in [0.1, 0.15) is 5.82 Å². The minimum Gasteiger partial charge on any atom is -0.395 e. The Bertz CT molecular complexity index is 1970. The maximum absolute atomic E-state index is 13.6. The number of amides is 2. The highest BCUT2D eigenvalue weighted by Gasteiger charge is 2.48. The first-order chi connectivity index (χ1) is 23.4. The van der Waals surface area contributed by atoms with Crippen molar-refractivity contribution in [2.45, 2.75) is 24.9 Å². The zero-order valence-corrected chi connectivity index (χ0v) is 26.2. The van der Waals surface area contributed by atoms with Gasteiger partial charge >= 0.3 is 0 Å². The van der Waals surface area contributed by atoms with Crippen molar-refractivity contribution in [2.75, 3.05) is 49.5 Å². The van der Waals surface area contributed by atoms with E-state index in [0.717, 1.165) is 40.7 Å². The monoisotopic (exact) mass is 646 g/mol. The Morgan fingerprint density at radius 1 is 0.979 bits per heavy atom. The van der Waals surface area contributed by atoms with Crippen molar-refractivity contribution in [1.29, 1.82) is 0 Å². The summed E-state index contributed by atoms with van der Waals surface area (Å²) in [6.07, 6.45) is 4.85. The predicted octanol–water partition coefficient (Wildman–Crippen LogP) is 3.94. The standard InChI is InChI=1S/C36H35FN8O3/c37-25-6-2-23(3-7-25)33-30-16-26(8-11-31(30)41-42-33)40-35(48)36(22-46)12-15-43(21-36)20-32(47)45-19-28-17-29(45)18-44(28)27-9-4-24(5-10-27)34-38-13-1-14-39-34/h1-11,13-14,16,28-29,46H,12,15,17-22H2,(H,40,48)(H,41,42)/t28-,29-,36?/m0/s1. The van der Waals surface area contributed by atoms with Crippen molar-refractivity contribution >= 4 is 34.1 Å². The quantitative estimate of drug-likeness (QED) is 0.231. The topological polar surface area (TPSA) is 131 Å². The van der Waals surface area contributed by atoms with Crippen molar-refractivity contribution in [2.24, 2.45) is 5.41 Å². The second-order valence-electron chi connectivity index (χ2n) is 13.1. The summed E-state index contributed by atoms with van der Waals surface area (Å²) >= 11 is 0. The summed E-state index contributed by atoms with van der Waals surface area (Å²) < 4.78 is 13.5. The number of rotatable bonds is 8. The van der Waals surface area contributed by atoms with Crippen molar-refractivity contribution in [1.82, 2.24) is 30.0 Å². The fourth-order valence-electron chi connectivity index (χ4n) is 7.48. The molecule has 3 fully saturated rings. The van der Waals surface area contributed by atoms with Crippen LogP contribution in [-0.2, 0) is 9.59 Å². The molecule has 11 nitrogen and oxygen atoms in total. The Morgan fingerprint density at radius 2 is 1.75 bits per heavy atom. The number of nitrogens with one attached hydrogen (secondary N) is 2. The van der Waals surface area contributed by atoms with E-state index in [1.807, 2.05) is 34.1 Å². The van der Waals surface area contributed by atoms with E-state index in [1.165, 1.54) is 12.1 Å². The Kier molecular flexibility index (Phi) is 7.61. The van der Waals surface area contributed by atoms with Gasteiger partial charge in [-0.2, -0.15) is 5.10 Å². The average molecular weight is 647 g/mol. The lowest BCUT2D eigenvalue weighted by atomic mass is 9.87. The number of anilines is 2. The van der Waals surface area contributed by atoms with Crippen LogP contribution in [0.4, 0.5) is 15.8 Å². The van der Waals surface area contributed by atoms with Crippen LogP contribution in [0.3, 0.4) is 0 Å². The molecule has 244 valence electrons. The molecule has 2 amide bonds. The molecule has 2 bridgehead atoms. The molecule has 12 heteroatoms. The zero-order valence-electron chi connectivity index (χ0n) is 26.2. The number of halogens is 1. The second kappa shape index (κ2) is 12.1. The van der Waals surface area contributed by atoms with Gasteiger partial charge in [-0.15, -0.1) is 0 Å². The minimum atomic E-state index is -1.02. The number of aliphatic hydroxyl groups excluding tert-OH is 1. The highest BCUT2D eigenvalue weighted by atomic mass is 19.1. The molecule has 2 aromatic heterocycles. The van der Waals surface area contributed by atoms with E-state index < -0.39 is 5.41 Å². The number of benzene rings is 3. The van der Waals surface area contributed by atoms with Gasteiger partial charge in [0.2, 0.25) is 11.8 Å². The second-order valence-corrected chi connectivity index (χ2v) is 13.1. The van der Waals surface area contributed by atoms with Crippen LogP contribution in [0.1, 0.15) is 12.8 Å². The number of piperazine rings is 1. The highest BCUT2D eigenvalue weighted by molar-refractivity contribution is 6.00. The molecule has 1 unspecified atom stereocenters. The van der Waals surface area contributed by atoms with E-state index in [1.54, 1.807) is 36.7 Å². The van der Waals surface area contributed by atoms with Gasteiger partial charge in [-0.1, -0.05) is 0 Å². The molecule has 3 saturated heterocycles. The summed E-state index contributed by atoms with van der Waals surface area (Å²) in [7, 11) is 0. The first-order valence-electron chi connectivity index (χ1n) is 16.2. The summed E-state index contributed by atoms with van der Waals surface area (Å²) in [5.41, 5.74) is 3.83. The third-order valence-electron chi connectivity index (χ3n) is 10.1. The molecule has 0 radical (unpaired) electrons. The Labute approximate surface area is 276 Å². The molecule has 5 heterocycles. The summed E-state index contributed by atoms with van der Waals surface area (Å²) in [5, 5.41) is 21.6. The van der Waals surface area contributed by atoms with E-state index in [9.17, 15) is 19.1 Å².